The third-order valence-electron chi connectivity index (χ3n) is 2.51. The highest BCUT2D eigenvalue weighted by atomic mass is 16.1. The largest absolute Gasteiger partial charge is 0.359 e. The van der Waals surface area contributed by atoms with Gasteiger partial charge in [0.2, 0.25) is 5.91 Å². The van der Waals surface area contributed by atoms with Crippen LogP contribution in [0, 0.1) is 0 Å². The van der Waals surface area contributed by atoms with Crippen LogP contribution in [-0.4, -0.2) is 23.1 Å². The molecule has 0 fully saturated rings. The standard InChI is InChI=1S/C13H23N3O/c1-13(2,3)15-9-11-5-7-16(10-11)8-6-12(17)14-4/h5,7,10,15H,6,8-9H2,1-4H3,(H,14,17). The van der Waals surface area contributed by atoms with Crippen LogP contribution < -0.4 is 10.6 Å². The van der Waals surface area contributed by atoms with Crippen molar-refractivity contribution in [2.45, 2.75) is 45.8 Å². The molecule has 96 valence electrons. The van der Waals surface area contributed by atoms with Gasteiger partial charge in [0.25, 0.3) is 0 Å². The fourth-order valence-electron chi connectivity index (χ4n) is 1.46. The summed E-state index contributed by atoms with van der Waals surface area (Å²) in [6, 6.07) is 2.09. The first kappa shape index (κ1) is 13.8. The summed E-state index contributed by atoms with van der Waals surface area (Å²) in [7, 11) is 1.66. The summed E-state index contributed by atoms with van der Waals surface area (Å²) >= 11 is 0. The van der Waals surface area contributed by atoms with E-state index in [9.17, 15) is 4.79 Å². The Bertz CT molecular complexity index is 363. The highest BCUT2D eigenvalue weighted by molar-refractivity contribution is 5.75. The number of rotatable bonds is 5. The van der Waals surface area contributed by atoms with Crippen LogP contribution in [0.4, 0.5) is 0 Å². The number of carbonyl (C=O) groups is 1. The highest BCUT2D eigenvalue weighted by Gasteiger charge is 2.08. The van der Waals surface area contributed by atoms with Gasteiger partial charge >= 0.3 is 0 Å². The lowest BCUT2D eigenvalue weighted by atomic mass is 10.1. The molecular weight excluding hydrogens is 214 g/mol. The highest BCUT2D eigenvalue weighted by Crippen LogP contribution is 2.05. The summed E-state index contributed by atoms with van der Waals surface area (Å²) in [5.41, 5.74) is 1.38. The van der Waals surface area contributed by atoms with E-state index in [1.165, 1.54) is 5.56 Å². The van der Waals surface area contributed by atoms with Crippen molar-refractivity contribution in [2.75, 3.05) is 7.05 Å². The molecule has 4 heteroatoms. The van der Waals surface area contributed by atoms with Gasteiger partial charge < -0.3 is 15.2 Å². The molecule has 0 spiro atoms. The summed E-state index contributed by atoms with van der Waals surface area (Å²) in [4.78, 5) is 11.1. The number of nitrogens with zero attached hydrogens (tertiary/aromatic N) is 1. The fourth-order valence-corrected chi connectivity index (χ4v) is 1.46. The lowest BCUT2D eigenvalue weighted by Crippen LogP contribution is -2.34. The van der Waals surface area contributed by atoms with E-state index >= 15 is 0 Å². The maximum atomic E-state index is 11.1. The van der Waals surface area contributed by atoms with E-state index in [1.807, 2.05) is 6.20 Å². The van der Waals surface area contributed by atoms with Gasteiger partial charge in [-0.25, -0.2) is 0 Å². The second-order valence-corrected chi connectivity index (χ2v) is 5.28. The third-order valence-corrected chi connectivity index (χ3v) is 2.51. The molecule has 1 heterocycles. The van der Waals surface area contributed by atoms with Crippen LogP contribution in [0.25, 0.3) is 0 Å². The van der Waals surface area contributed by atoms with Crippen molar-refractivity contribution >= 4 is 5.91 Å². The molecule has 0 saturated heterocycles. The fraction of sp³-hybridized carbons (Fsp3) is 0.615. The summed E-state index contributed by atoms with van der Waals surface area (Å²) < 4.78 is 2.05. The topological polar surface area (TPSA) is 46.1 Å². The van der Waals surface area contributed by atoms with E-state index in [-0.39, 0.29) is 11.4 Å². The van der Waals surface area contributed by atoms with Crippen LogP contribution >= 0.6 is 0 Å². The van der Waals surface area contributed by atoms with Gasteiger partial charge in [0.1, 0.15) is 0 Å². The first-order valence-electron chi connectivity index (χ1n) is 6.01. The molecule has 0 aliphatic heterocycles. The Morgan fingerprint density at radius 1 is 1.41 bits per heavy atom. The van der Waals surface area contributed by atoms with E-state index in [2.05, 4.69) is 48.2 Å². The average Bonchev–Trinajstić information content (AvgIpc) is 2.70. The lowest BCUT2D eigenvalue weighted by Gasteiger charge is -2.19. The number of aryl methyl sites for hydroxylation is 1. The Kier molecular flexibility index (Phi) is 4.75. The van der Waals surface area contributed by atoms with Crippen molar-refractivity contribution < 1.29 is 4.79 Å². The molecule has 1 rings (SSSR count). The number of aromatic nitrogens is 1. The average molecular weight is 237 g/mol. The first-order chi connectivity index (χ1) is 7.90. The van der Waals surface area contributed by atoms with E-state index < -0.39 is 0 Å². The maximum Gasteiger partial charge on any atom is 0.221 e. The second-order valence-electron chi connectivity index (χ2n) is 5.28. The number of nitrogens with one attached hydrogen (secondary N) is 2. The molecule has 4 nitrogen and oxygen atoms in total. The molecule has 0 aromatic carbocycles. The zero-order valence-electron chi connectivity index (χ0n) is 11.2. The summed E-state index contributed by atoms with van der Waals surface area (Å²) in [6.07, 6.45) is 4.63. The van der Waals surface area contributed by atoms with E-state index in [0.29, 0.717) is 6.42 Å². The minimum Gasteiger partial charge on any atom is -0.359 e. The predicted octanol–water partition coefficient (Wildman–Crippen LogP) is 1.51. The number of hydrogen-bond acceptors (Lipinski definition) is 2. The van der Waals surface area contributed by atoms with Gasteiger partial charge in [-0.3, -0.25) is 4.79 Å². The summed E-state index contributed by atoms with van der Waals surface area (Å²) in [6.45, 7) is 8.03. The van der Waals surface area contributed by atoms with Crippen molar-refractivity contribution in [3.8, 4) is 0 Å². The van der Waals surface area contributed by atoms with Crippen molar-refractivity contribution in [1.82, 2.24) is 15.2 Å². The molecule has 17 heavy (non-hydrogen) atoms. The predicted molar refractivity (Wildman–Crippen MR) is 69.7 cm³/mol. The van der Waals surface area contributed by atoms with Gasteiger partial charge in [0.05, 0.1) is 0 Å². The maximum absolute atomic E-state index is 11.1. The molecule has 0 bridgehead atoms. The SMILES string of the molecule is CNC(=O)CCn1ccc(CNC(C)(C)C)c1. The number of amides is 1. The lowest BCUT2D eigenvalue weighted by molar-refractivity contribution is -0.120. The Balaban J connectivity index is 2.40. The van der Waals surface area contributed by atoms with Gasteiger partial charge in [0.15, 0.2) is 0 Å². The van der Waals surface area contributed by atoms with E-state index in [1.54, 1.807) is 7.05 Å². The van der Waals surface area contributed by atoms with Crippen molar-refractivity contribution in [3.05, 3.63) is 24.0 Å². The molecular formula is C13H23N3O. The van der Waals surface area contributed by atoms with Crippen molar-refractivity contribution in [1.29, 1.82) is 0 Å². The molecule has 2 N–H and O–H groups in total. The summed E-state index contributed by atoms with van der Waals surface area (Å²) in [5.74, 6) is 0.0769. The van der Waals surface area contributed by atoms with Gasteiger partial charge in [-0.15, -0.1) is 0 Å². The Labute approximate surface area is 103 Å². The van der Waals surface area contributed by atoms with E-state index in [4.69, 9.17) is 0 Å². The first-order valence-corrected chi connectivity index (χ1v) is 6.01. The molecule has 0 aliphatic rings. The Morgan fingerprint density at radius 3 is 2.71 bits per heavy atom. The monoisotopic (exact) mass is 237 g/mol. The van der Waals surface area contributed by atoms with Crippen molar-refractivity contribution in [3.63, 3.8) is 0 Å². The number of hydrogen-bond donors (Lipinski definition) is 2. The third kappa shape index (κ3) is 5.54. The van der Waals surface area contributed by atoms with Crippen LogP contribution in [-0.2, 0) is 17.9 Å². The van der Waals surface area contributed by atoms with E-state index in [0.717, 1.165) is 13.1 Å². The Morgan fingerprint density at radius 2 is 2.12 bits per heavy atom. The molecule has 1 aromatic rings. The molecule has 1 aromatic heterocycles. The van der Waals surface area contributed by atoms with Crippen LogP contribution in [0.1, 0.15) is 32.8 Å². The van der Waals surface area contributed by atoms with Gasteiger partial charge in [0, 0.05) is 44.5 Å². The molecule has 0 saturated carbocycles. The molecule has 0 atom stereocenters. The van der Waals surface area contributed by atoms with Gasteiger partial charge in [-0.2, -0.15) is 0 Å². The normalized spacial score (nSPS) is 11.5. The zero-order chi connectivity index (χ0) is 12.9. The molecule has 0 aliphatic carbocycles. The van der Waals surface area contributed by atoms with Crippen LogP contribution in [0.15, 0.2) is 18.5 Å². The molecule has 0 unspecified atom stereocenters. The smallest absolute Gasteiger partial charge is 0.221 e. The van der Waals surface area contributed by atoms with Gasteiger partial charge in [-0.05, 0) is 32.4 Å². The minimum atomic E-state index is 0.0769. The Hall–Kier alpha value is -1.29. The van der Waals surface area contributed by atoms with Crippen molar-refractivity contribution in [2.24, 2.45) is 0 Å². The molecule has 1 amide bonds. The van der Waals surface area contributed by atoms with Crippen LogP contribution in [0.5, 0.6) is 0 Å². The van der Waals surface area contributed by atoms with Gasteiger partial charge in [-0.1, -0.05) is 0 Å². The van der Waals surface area contributed by atoms with Crippen LogP contribution in [0.3, 0.4) is 0 Å². The number of carbonyl (C=O) groups excluding carboxylic acids is 1. The quantitative estimate of drug-likeness (QED) is 0.815. The second kappa shape index (κ2) is 5.87. The molecule has 0 radical (unpaired) electrons. The summed E-state index contributed by atoms with van der Waals surface area (Å²) in [5, 5.41) is 6.06. The zero-order valence-corrected chi connectivity index (χ0v) is 11.2. The van der Waals surface area contributed by atoms with Crippen LogP contribution in [0.2, 0.25) is 0 Å². The minimum absolute atomic E-state index is 0.0769.